The van der Waals surface area contributed by atoms with Crippen molar-refractivity contribution in [2.75, 3.05) is 11.9 Å². The molecule has 0 atom stereocenters. The minimum absolute atomic E-state index is 0.201. The second kappa shape index (κ2) is 8.72. The third kappa shape index (κ3) is 4.63. The molecule has 132 valence electrons. The molecule has 3 rings (SSSR count). The van der Waals surface area contributed by atoms with Gasteiger partial charge >= 0.3 is 0 Å². The van der Waals surface area contributed by atoms with Crippen LogP contribution in [0.2, 0.25) is 0 Å². The van der Waals surface area contributed by atoms with Crippen molar-refractivity contribution < 1.29 is 14.3 Å². The van der Waals surface area contributed by atoms with Gasteiger partial charge in [0.2, 0.25) is 0 Å². The fourth-order valence-electron chi connectivity index (χ4n) is 2.42. The van der Waals surface area contributed by atoms with Crippen molar-refractivity contribution in [3.8, 4) is 17.2 Å². The summed E-state index contributed by atoms with van der Waals surface area (Å²) < 4.78 is 11.4. The van der Waals surface area contributed by atoms with Gasteiger partial charge < -0.3 is 14.8 Å². The largest absolute Gasteiger partial charge is 0.493 e. The molecule has 0 fully saturated rings. The maximum atomic E-state index is 12.6. The van der Waals surface area contributed by atoms with Crippen LogP contribution in [0.25, 0.3) is 0 Å². The third-order valence-electron chi connectivity index (χ3n) is 3.68. The average molecular weight is 347 g/mol. The van der Waals surface area contributed by atoms with Gasteiger partial charge in [-0.15, -0.1) is 0 Å². The number of rotatable bonds is 7. The van der Waals surface area contributed by atoms with E-state index in [1.165, 1.54) is 0 Å². The van der Waals surface area contributed by atoms with Crippen LogP contribution in [0.1, 0.15) is 23.7 Å². The minimum Gasteiger partial charge on any atom is -0.493 e. The van der Waals surface area contributed by atoms with Crippen molar-refractivity contribution in [3.05, 3.63) is 84.4 Å². The first-order valence-corrected chi connectivity index (χ1v) is 8.62. The zero-order chi connectivity index (χ0) is 18.2. The van der Waals surface area contributed by atoms with E-state index in [0.717, 1.165) is 12.2 Å². The normalized spacial score (nSPS) is 10.2. The summed E-state index contributed by atoms with van der Waals surface area (Å²) in [6.07, 6.45) is 0.888. The molecule has 0 radical (unpaired) electrons. The molecule has 0 saturated heterocycles. The molecule has 0 aliphatic rings. The van der Waals surface area contributed by atoms with Gasteiger partial charge in [-0.1, -0.05) is 37.3 Å². The van der Waals surface area contributed by atoms with Crippen molar-refractivity contribution in [2.24, 2.45) is 0 Å². The summed E-state index contributed by atoms with van der Waals surface area (Å²) in [6.45, 7) is 2.61. The van der Waals surface area contributed by atoms with Crippen LogP contribution in [0.15, 0.2) is 78.9 Å². The summed E-state index contributed by atoms with van der Waals surface area (Å²) in [5, 5.41) is 2.89. The molecule has 1 N–H and O–H groups in total. The van der Waals surface area contributed by atoms with Crippen LogP contribution in [0, 0.1) is 0 Å². The number of anilines is 1. The predicted molar refractivity (Wildman–Crippen MR) is 103 cm³/mol. The van der Waals surface area contributed by atoms with Gasteiger partial charge in [-0.2, -0.15) is 0 Å². The Hall–Kier alpha value is -3.27. The molecule has 0 bridgehead atoms. The van der Waals surface area contributed by atoms with Crippen molar-refractivity contribution in [2.45, 2.75) is 13.3 Å². The highest BCUT2D eigenvalue weighted by atomic mass is 16.5. The number of nitrogens with one attached hydrogen (secondary N) is 1. The first-order chi connectivity index (χ1) is 12.8. The fourth-order valence-corrected chi connectivity index (χ4v) is 2.42. The van der Waals surface area contributed by atoms with Crippen molar-refractivity contribution >= 4 is 11.6 Å². The predicted octanol–water partition coefficient (Wildman–Crippen LogP) is 5.52. The van der Waals surface area contributed by atoms with E-state index in [1.54, 1.807) is 12.1 Å². The summed E-state index contributed by atoms with van der Waals surface area (Å²) in [6, 6.07) is 24.1. The number of amides is 1. The van der Waals surface area contributed by atoms with Gasteiger partial charge in [0.15, 0.2) is 0 Å². The standard InChI is InChI=1S/C22H21NO3/c1-2-16-25-21-11-7-6-10-20(21)22(24)23-17-12-14-19(15-13-17)26-18-8-4-3-5-9-18/h3-15H,2,16H2,1H3,(H,23,24). The lowest BCUT2D eigenvalue weighted by Gasteiger charge is -2.11. The Morgan fingerprint density at radius 2 is 1.50 bits per heavy atom. The monoisotopic (exact) mass is 347 g/mol. The maximum absolute atomic E-state index is 12.6. The third-order valence-corrected chi connectivity index (χ3v) is 3.68. The molecule has 1 amide bonds. The van der Waals surface area contributed by atoms with E-state index in [0.29, 0.717) is 29.4 Å². The van der Waals surface area contributed by atoms with Gasteiger partial charge in [0.1, 0.15) is 17.2 Å². The Balaban J connectivity index is 1.66. The van der Waals surface area contributed by atoms with Crippen molar-refractivity contribution in [1.82, 2.24) is 0 Å². The van der Waals surface area contributed by atoms with Crippen LogP contribution >= 0.6 is 0 Å². The van der Waals surface area contributed by atoms with Crippen LogP contribution in [0.5, 0.6) is 17.2 Å². The van der Waals surface area contributed by atoms with Gasteiger partial charge in [0, 0.05) is 5.69 Å². The Kier molecular flexibility index (Phi) is 5.88. The summed E-state index contributed by atoms with van der Waals surface area (Å²) in [4.78, 5) is 12.6. The number of benzene rings is 3. The molecule has 3 aromatic rings. The van der Waals surface area contributed by atoms with E-state index >= 15 is 0 Å². The van der Waals surface area contributed by atoms with Crippen LogP contribution in [-0.2, 0) is 0 Å². The lowest BCUT2D eigenvalue weighted by Crippen LogP contribution is -2.13. The first-order valence-electron chi connectivity index (χ1n) is 8.62. The zero-order valence-electron chi connectivity index (χ0n) is 14.6. The number of carbonyl (C=O) groups excluding carboxylic acids is 1. The molecule has 4 heteroatoms. The number of ether oxygens (including phenoxy) is 2. The lowest BCUT2D eigenvalue weighted by molar-refractivity contribution is 0.102. The number of para-hydroxylation sites is 2. The molecular formula is C22H21NO3. The van der Waals surface area contributed by atoms with E-state index in [-0.39, 0.29) is 5.91 Å². The molecule has 0 saturated carbocycles. The Morgan fingerprint density at radius 1 is 0.846 bits per heavy atom. The van der Waals surface area contributed by atoms with Crippen LogP contribution in [0.3, 0.4) is 0 Å². The first kappa shape index (κ1) is 17.5. The highest BCUT2D eigenvalue weighted by Gasteiger charge is 2.12. The summed E-state index contributed by atoms with van der Waals surface area (Å²) >= 11 is 0. The molecule has 26 heavy (non-hydrogen) atoms. The molecule has 0 aliphatic carbocycles. The van der Waals surface area contributed by atoms with Crippen molar-refractivity contribution in [1.29, 1.82) is 0 Å². The topological polar surface area (TPSA) is 47.6 Å². The van der Waals surface area contributed by atoms with E-state index in [9.17, 15) is 4.79 Å². The van der Waals surface area contributed by atoms with E-state index in [1.807, 2.05) is 73.7 Å². The molecular weight excluding hydrogens is 326 g/mol. The van der Waals surface area contributed by atoms with Crippen molar-refractivity contribution in [3.63, 3.8) is 0 Å². The summed E-state index contributed by atoms with van der Waals surface area (Å²) in [5.74, 6) is 1.87. The number of hydrogen-bond donors (Lipinski definition) is 1. The molecule has 0 unspecified atom stereocenters. The van der Waals surface area contributed by atoms with Crippen LogP contribution in [0.4, 0.5) is 5.69 Å². The van der Waals surface area contributed by atoms with Gasteiger partial charge in [-0.25, -0.2) is 0 Å². The Labute approximate surface area is 153 Å². The Morgan fingerprint density at radius 3 is 2.23 bits per heavy atom. The SMILES string of the molecule is CCCOc1ccccc1C(=O)Nc1ccc(Oc2ccccc2)cc1. The van der Waals surface area contributed by atoms with Gasteiger partial charge in [-0.3, -0.25) is 4.79 Å². The fraction of sp³-hybridized carbons (Fsp3) is 0.136. The molecule has 4 nitrogen and oxygen atoms in total. The zero-order valence-corrected chi connectivity index (χ0v) is 14.6. The summed E-state index contributed by atoms with van der Waals surface area (Å²) in [7, 11) is 0. The Bertz CT molecular complexity index is 845. The second-order valence-corrected chi connectivity index (χ2v) is 5.74. The van der Waals surface area contributed by atoms with Gasteiger partial charge in [0.25, 0.3) is 5.91 Å². The van der Waals surface area contributed by atoms with Gasteiger partial charge in [0.05, 0.1) is 12.2 Å². The average Bonchev–Trinajstić information content (AvgIpc) is 2.69. The van der Waals surface area contributed by atoms with E-state index < -0.39 is 0 Å². The molecule has 0 aliphatic heterocycles. The number of carbonyl (C=O) groups is 1. The van der Waals surface area contributed by atoms with Gasteiger partial charge in [-0.05, 0) is 55.0 Å². The highest BCUT2D eigenvalue weighted by molar-refractivity contribution is 6.06. The molecule has 0 spiro atoms. The number of hydrogen-bond acceptors (Lipinski definition) is 3. The van der Waals surface area contributed by atoms with Crippen LogP contribution in [-0.4, -0.2) is 12.5 Å². The summed E-state index contributed by atoms with van der Waals surface area (Å²) in [5.41, 5.74) is 1.21. The molecule has 0 aromatic heterocycles. The minimum atomic E-state index is -0.201. The maximum Gasteiger partial charge on any atom is 0.259 e. The smallest absolute Gasteiger partial charge is 0.259 e. The quantitative estimate of drug-likeness (QED) is 0.612. The van der Waals surface area contributed by atoms with E-state index in [2.05, 4.69) is 5.32 Å². The molecule has 3 aromatic carbocycles. The highest BCUT2D eigenvalue weighted by Crippen LogP contribution is 2.24. The molecule has 0 heterocycles. The van der Waals surface area contributed by atoms with Crippen LogP contribution < -0.4 is 14.8 Å². The lowest BCUT2D eigenvalue weighted by atomic mass is 10.2. The second-order valence-electron chi connectivity index (χ2n) is 5.74. The van der Waals surface area contributed by atoms with E-state index in [4.69, 9.17) is 9.47 Å².